The summed E-state index contributed by atoms with van der Waals surface area (Å²) in [5.41, 5.74) is -0.350. The fourth-order valence-corrected chi connectivity index (χ4v) is 3.67. The van der Waals surface area contributed by atoms with Crippen LogP contribution < -0.4 is 4.72 Å². The number of rotatable bonds is 8. The van der Waals surface area contributed by atoms with E-state index in [0.29, 0.717) is 5.56 Å². The average Bonchev–Trinajstić information content (AvgIpc) is 3.14. The van der Waals surface area contributed by atoms with E-state index in [2.05, 4.69) is 14.7 Å². The van der Waals surface area contributed by atoms with Crippen molar-refractivity contribution in [2.45, 2.75) is 19.4 Å². The maximum absolute atomic E-state index is 15.2. The monoisotopic (exact) mass is 449 g/mol. The van der Waals surface area contributed by atoms with Gasteiger partial charge in [0.25, 0.3) is 0 Å². The van der Waals surface area contributed by atoms with Gasteiger partial charge in [-0.25, -0.2) is 27.5 Å². The molecule has 2 heterocycles. The Balaban J connectivity index is 2.09. The third kappa shape index (κ3) is 4.74. The zero-order valence-corrected chi connectivity index (χ0v) is 16.9. The minimum absolute atomic E-state index is 0.0604. The summed E-state index contributed by atoms with van der Waals surface area (Å²) in [6, 6.07) is 2.58. The van der Waals surface area contributed by atoms with Gasteiger partial charge < -0.3 is 10.1 Å². The number of hydrogen-bond donors (Lipinski definition) is 4. The zero-order chi connectivity index (χ0) is 22.7. The van der Waals surface area contributed by atoms with Crippen molar-refractivity contribution in [2.75, 3.05) is 0 Å². The van der Waals surface area contributed by atoms with E-state index in [4.69, 9.17) is 9.66 Å². The Morgan fingerprint density at radius 3 is 2.74 bits per heavy atom. The number of benzene rings is 1. The quantitative estimate of drug-likeness (QED) is 0.237. The Bertz CT molecular complexity index is 1220. The molecule has 0 bridgehead atoms. The van der Waals surface area contributed by atoms with Gasteiger partial charge in [-0.3, -0.25) is 9.35 Å². The summed E-state index contributed by atoms with van der Waals surface area (Å²) < 4.78 is 52.1. The summed E-state index contributed by atoms with van der Waals surface area (Å²) in [6.45, 7) is 1.63. The lowest BCUT2D eigenvalue weighted by molar-refractivity contribution is -0.131. The standard InChI is InChI=1S/C20H17F2N3O5S/c1-2-15(25-31(29)30)11-4-5-14(21)17(18(11)22)19(28)13-9-24-20-12(13)7-10(8-23-20)3-6-16(26)27/h3-9,15,25H,2H2,1H3,(H,23,24)(H,26,27)(H,29,30). The minimum atomic E-state index is -2.44. The third-order valence-corrected chi connectivity index (χ3v) is 5.08. The van der Waals surface area contributed by atoms with Crippen LogP contribution in [0.3, 0.4) is 0 Å². The second-order valence-electron chi connectivity index (χ2n) is 6.52. The van der Waals surface area contributed by atoms with Gasteiger partial charge in [-0.1, -0.05) is 13.0 Å². The Hall–Kier alpha value is -3.28. The number of carbonyl (C=O) groups excluding carboxylic acids is 1. The summed E-state index contributed by atoms with van der Waals surface area (Å²) >= 11 is -2.44. The van der Waals surface area contributed by atoms with Crippen molar-refractivity contribution < 1.29 is 32.2 Å². The lowest BCUT2D eigenvalue weighted by Crippen LogP contribution is -2.24. The molecule has 0 fully saturated rings. The molecule has 2 unspecified atom stereocenters. The molecule has 1 aromatic carbocycles. The van der Waals surface area contributed by atoms with Gasteiger partial charge in [-0.15, -0.1) is 0 Å². The van der Waals surface area contributed by atoms with Crippen LogP contribution in [0.4, 0.5) is 8.78 Å². The molecule has 2 aromatic heterocycles. The number of hydrogen-bond acceptors (Lipinski definition) is 4. The first kappa shape index (κ1) is 22.4. The molecule has 11 heteroatoms. The number of fused-ring (bicyclic) bond motifs is 1. The Kier molecular flexibility index (Phi) is 6.68. The van der Waals surface area contributed by atoms with Crippen molar-refractivity contribution in [3.8, 4) is 0 Å². The normalized spacial score (nSPS) is 13.5. The van der Waals surface area contributed by atoms with Crippen LogP contribution in [0.1, 0.15) is 46.4 Å². The number of carboxylic acids is 1. The number of nitrogens with one attached hydrogen (secondary N) is 2. The summed E-state index contributed by atoms with van der Waals surface area (Å²) in [6.07, 6.45) is 5.00. The number of carbonyl (C=O) groups is 2. The Morgan fingerprint density at radius 2 is 2.10 bits per heavy atom. The number of nitrogens with zero attached hydrogens (tertiary/aromatic N) is 1. The first-order valence-electron chi connectivity index (χ1n) is 9.00. The molecule has 0 spiro atoms. The van der Waals surface area contributed by atoms with Crippen LogP contribution in [0.15, 0.2) is 36.7 Å². The van der Waals surface area contributed by atoms with E-state index in [1.165, 1.54) is 24.5 Å². The lowest BCUT2D eigenvalue weighted by Gasteiger charge is -2.17. The lowest BCUT2D eigenvalue weighted by atomic mass is 9.96. The van der Waals surface area contributed by atoms with Crippen LogP contribution in [0.5, 0.6) is 0 Å². The van der Waals surface area contributed by atoms with Gasteiger partial charge in [0.05, 0.1) is 5.56 Å². The molecule has 2 atom stereocenters. The third-order valence-electron chi connectivity index (χ3n) is 4.59. The van der Waals surface area contributed by atoms with Crippen LogP contribution in [-0.4, -0.2) is 35.6 Å². The Morgan fingerprint density at radius 1 is 1.35 bits per heavy atom. The number of carboxylic acid groups (broad SMARTS) is 1. The number of aliphatic carboxylic acids is 1. The van der Waals surface area contributed by atoms with E-state index in [0.717, 1.165) is 18.2 Å². The van der Waals surface area contributed by atoms with Crippen LogP contribution >= 0.6 is 0 Å². The number of halogens is 2. The van der Waals surface area contributed by atoms with E-state index in [1.54, 1.807) is 6.92 Å². The van der Waals surface area contributed by atoms with Crippen LogP contribution in [0.2, 0.25) is 0 Å². The molecule has 0 saturated carbocycles. The van der Waals surface area contributed by atoms with Gasteiger partial charge in [0.1, 0.15) is 17.3 Å². The van der Waals surface area contributed by atoms with Crippen molar-refractivity contribution in [1.29, 1.82) is 0 Å². The highest BCUT2D eigenvalue weighted by Gasteiger charge is 2.27. The summed E-state index contributed by atoms with van der Waals surface area (Å²) in [4.78, 5) is 30.6. The molecule has 8 nitrogen and oxygen atoms in total. The zero-order valence-electron chi connectivity index (χ0n) is 16.1. The second-order valence-corrected chi connectivity index (χ2v) is 7.26. The number of pyridine rings is 1. The number of ketones is 1. The van der Waals surface area contributed by atoms with Crippen LogP contribution in [-0.2, 0) is 16.1 Å². The molecule has 4 N–H and O–H groups in total. The van der Waals surface area contributed by atoms with Crippen molar-refractivity contribution >= 4 is 40.1 Å². The fourth-order valence-electron chi connectivity index (χ4n) is 3.14. The average molecular weight is 449 g/mol. The maximum atomic E-state index is 15.2. The fraction of sp³-hybridized carbons (Fsp3) is 0.150. The van der Waals surface area contributed by atoms with Crippen LogP contribution in [0.25, 0.3) is 17.1 Å². The molecule has 0 aliphatic rings. The molecule has 0 amide bonds. The number of H-pyrrole nitrogens is 1. The molecule has 0 aliphatic carbocycles. The summed E-state index contributed by atoms with van der Waals surface area (Å²) in [5, 5.41) is 9.01. The Labute approximate surface area is 177 Å². The molecule has 0 radical (unpaired) electrons. The van der Waals surface area contributed by atoms with Gasteiger partial charge in [0.15, 0.2) is 0 Å². The van der Waals surface area contributed by atoms with E-state index in [9.17, 15) is 18.2 Å². The van der Waals surface area contributed by atoms with Gasteiger partial charge in [0, 0.05) is 41.0 Å². The maximum Gasteiger partial charge on any atom is 0.328 e. The minimum Gasteiger partial charge on any atom is -0.478 e. The molecule has 3 rings (SSSR count). The van der Waals surface area contributed by atoms with E-state index in [-0.39, 0.29) is 28.6 Å². The highest BCUT2D eigenvalue weighted by atomic mass is 32.2. The predicted octanol–water partition coefficient (Wildman–Crippen LogP) is 3.35. The smallest absolute Gasteiger partial charge is 0.328 e. The van der Waals surface area contributed by atoms with E-state index >= 15 is 4.39 Å². The van der Waals surface area contributed by atoms with Crippen LogP contribution in [0, 0.1) is 11.6 Å². The SMILES string of the molecule is CCC(NS(=O)O)c1ccc(F)c(C(=O)c2c[nH]c3ncc(C=CC(=O)O)cc23)c1F. The molecule has 0 saturated heterocycles. The van der Waals surface area contributed by atoms with Crippen molar-refractivity contribution in [3.05, 3.63) is 70.6 Å². The molecule has 162 valence electrons. The topological polar surface area (TPSA) is 132 Å². The predicted molar refractivity (Wildman–Crippen MR) is 109 cm³/mol. The largest absolute Gasteiger partial charge is 0.478 e. The molecule has 0 aliphatic heterocycles. The van der Waals surface area contributed by atoms with Gasteiger partial charge in [0.2, 0.25) is 17.0 Å². The van der Waals surface area contributed by atoms with E-state index in [1.807, 2.05) is 0 Å². The number of aromatic amines is 1. The highest BCUT2D eigenvalue weighted by Crippen LogP contribution is 2.29. The molecule has 3 aromatic rings. The van der Waals surface area contributed by atoms with Crippen molar-refractivity contribution in [1.82, 2.24) is 14.7 Å². The number of aromatic nitrogens is 2. The highest BCUT2D eigenvalue weighted by molar-refractivity contribution is 7.77. The summed E-state index contributed by atoms with van der Waals surface area (Å²) in [7, 11) is 0. The molecular weight excluding hydrogens is 432 g/mol. The molecule has 31 heavy (non-hydrogen) atoms. The van der Waals surface area contributed by atoms with E-state index < -0.39 is 46.3 Å². The van der Waals surface area contributed by atoms with Gasteiger partial charge in [-0.2, -0.15) is 0 Å². The second kappa shape index (κ2) is 9.25. The first-order chi connectivity index (χ1) is 14.7. The first-order valence-corrected chi connectivity index (χ1v) is 10.1. The van der Waals surface area contributed by atoms with Gasteiger partial charge in [-0.05, 0) is 30.2 Å². The van der Waals surface area contributed by atoms with Crippen molar-refractivity contribution in [2.24, 2.45) is 0 Å². The molecular formula is C20H17F2N3O5S. The summed E-state index contributed by atoms with van der Waals surface area (Å²) in [5.74, 6) is -4.35. The van der Waals surface area contributed by atoms with Gasteiger partial charge >= 0.3 is 5.97 Å². The van der Waals surface area contributed by atoms with Crippen molar-refractivity contribution in [3.63, 3.8) is 0 Å².